The number of hydrogen-bond donors (Lipinski definition) is 0. The van der Waals surface area contributed by atoms with E-state index in [2.05, 4.69) is 10.1 Å². The number of thiophene rings is 1. The maximum Gasteiger partial charge on any atom is 0.252 e. The molecule has 2 saturated heterocycles. The van der Waals surface area contributed by atoms with E-state index in [0.717, 1.165) is 24.2 Å². The Labute approximate surface area is 185 Å². The fourth-order valence-corrected chi connectivity index (χ4v) is 7.11. The minimum atomic E-state index is -3.68. The Morgan fingerprint density at radius 1 is 1.13 bits per heavy atom. The van der Waals surface area contributed by atoms with Gasteiger partial charge in [0.2, 0.25) is 17.6 Å². The van der Waals surface area contributed by atoms with Crippen LogP contribution in [0.15, 0.2) is 20.2 Å². The molecule has 3 aliphatic rings. The van der Waals surface area contributed by atoms with E-state index in [1.807, 2.05) is 0 Å². The first-order chi connectivity index (χ1) is 15.0. The van der Waals surface area contributed by atoms with Crippen molar-refractivity contribution in [2.75, 3.05) is 39.4 Å². The largest absolute Gasteiger partial charge is 0.378 e. The Kier molecular flexibility index (Phi) is 5.84. The number of piperidine rings is 1. The Balaban J connectivity index is 1.29. The molecule has 1 atom stereocenters. The average molecular weight is 467 g/mol. The van der Waals surface area contributed by atoms with Crippen molar-refractivity contribution in [1.29, 1.82) is 0 Å². The summed E-state index contributed by atoms with van der Waals surface area (Å²) >= 11 is 1.16. The molecule has 0 bridgehead atoms. The molecular formula is C20H26N4O5S2. The predicted octanol–water partition coefficient (Wildman–Crippen LogP) is 2.33. The molecule has 1 amide bonds. The van der Waals surface area contributed by atoms with Crippen molar-refractivity contribution in [2.45, 2.75) is 42.2 Å². The standard InChI is InChI=1S/C20H26N4O5S2/c25-20(23-7-9-28-10-8-23)15-5-2-6-24(12-15)31(26,27)17-11-16(13-30-17)18-21-19(29-22-18)14-3-1-4-14/h11,13-15H,1-10,12H2/t15-/m0/s1. The lowest BCUT2D eigenvalue weighted by atomic mass is 9.85. The van der Waals surface area contributed by atoms with Crippen molar-refractivity contribution < 1.29 is 22.5 Å². The van der Waals surface area contributed by atoms with Gasteiger partial charge in [-0.05, 0) is 31.7 Å². The topological polar surface area (TPSA) is 106 Å². The second kappa shape index (κ2) is 8.61. The molecule has 2 aromatic rings. The summed E-state index contributed by atoms with van der Waals surface area (Å²) in [5.41, 5.74) is 0.649. The first-order valence-corrected chi connectivity index (χ1v) is 13.1. The summed E-state index contributed by atoms with van der Waals surface area (Å²) < 4.78 is 38.9. The number of hydrogen-bond acceptors (Lipinski definition) is 8. The Morgan fingerprint density at radius 2 is 1.94 bits per heavy atom. The third kappa shape index (κ3) is 4.15. The van der Waals surface area contributed by atoms with Gasteiger partial charge in [0.15, 0.2) is 0 Å². The number of aromatic nitrogens is 2. The molecule has 1 aliphatic carbocycles. The summed E-state index contributed by atoms with van der Waals surface area (Å²) in [4.78, 5) is 19.1. The summed E-state index contributed by atoms with van der Waals surface area (Å²) in [5, 5.41) is 5.79. The van der Waals surface area contributed by atoms with E-state index >= 15 is 0 Å². The van der Waals surface area contributed by atoms with Crippen LogP contribution in [0.5, 0.6) is 0 Å². The monoisotopic (exact) mass is 466 g/mol. The lowest BCUT2D eigenvalue weighted by molar-refractivity contribution is -0.140. The molecule has 0 radical (unpaired) electrons. The van der Waals surface area contributed by atoms with E-state index in [4.69, 9.17) is 9.26 Å². The van der Waals surface area contributed by atoms with Gasteiger partial charge in [0, 0.05) is 43.0 Å². The van der Waals surface area contributed by atoms with Gasteiger partial charge in [-0.15, -0.1) is 11.3 Å². The molecule has 0 aromatic carbocycles. The van der Waals surface area contributed by atoms with Crippen molar-refractivity contribution in [2.24, 2.45) is 5.92 Å². The summed E-state index contributed by atoms with van der Waals surface area (Å²) in [6.07, 6.45) is 4.68. The molecule has 9 nitrogen and oxygen atoms in total. The van der Waals surface area contributed by atoms with Gasteiger partial charge in [-0.3, -0.25) is 4.79 Å². The van der Waals surface area contributed by atoms with E-state index in [9.17, 15) is 13.2 Å². The quantitative estimate of drug-likeness (QED) is 0.666. The summed E-state index contributed by atoms with van der Waals surface area (Å²) in [5.74, 6) is 1.13. The summed E-state index contributed by atoms with van der Waals surface area (Å²) in [6.45, 7) is 2.87. The maximum absolute atomic E-state index is 13.3. The van der Waals surface area contributed by atoms with Crippen LogP contribution in [0.1, 0.15) is 43.9 Å². The van der Waals surface area contributed by atoms with Crippen LogP contribution in [0.25, 0.3) is 11.4 Å². The van der Waals surface area contributed by atoms with Gasteiger partial charge in [-0.1, -0.05) is 11.6 Å². The van der Waals surface area contributed by atoms with Crippen molar-refractivity contribution in [3.8, 4) is 11.4 Å². The third-order valence-corrected chi connectivity index (χ3v) is 9.66. The molecule has 3 fully saturated rings. The van der Waals surface area contributed by atoms with E-state index < -0.39 is 10.0 Å². The van der Waals surface area contributed by atoms with Crippen molar-refractivity contribution >= 4 is 27.3 Å². The minimum Gasteiger partial charge on any atom is -0.378 e. The van der Waals surface area contributed by atoms with Gasteiger partial charge in [0.25, 0.3) is 10.0 Å². The van der Waals surface area contributed by atoms with Gasteiger partial charge >= 0.3 is 0 Å². The van der Waals surface area contributed by atoms with Crippen molar-refractivity contribution in [3.05, 3.63) is 17.3 Å². The van der Waals surface area contributed by atoms with Gasteiger partial charge in [-0.25, -0.2) is 8.42 Å². The number of carbonyl (C=O) groups is 1. The second-order valence-corrected chi connectivity index (χ2v) is 11.5. The van der Waals surface area contributed by atoms with Crippen LogP contribution in [0.2, 0.25) is 0 Å². The second-order valence-electron chi connectivity index (χ2n) is 8.38. The molecule has 11 heteroatoms. The highest BCUT2D eigenvalue weighted by atomic mass is 32.2. The zero-order valence-corrected chi connectivity index (χ0v) is 18.9. The molecule has 0 unspecified atom stereocenters. The fraction of sp³-hybridized carbons (Fsp3) is 0.650. The van der Waals surface area contributed by atoms with Crippen molar-refractivity contribution in [1.82, 2.24) is 19.3 Å². The number of carbonyl (C=O) groups excluding carboxylic acids is 1. The Bertz CT molecular complexity index is 1040. The molecule has 2 aliphatic heterocycles. The van der Waals surface area contributed by atoms with E-state index in [1.165, 1.54) is 10.7 Å². The third-order valence-electron chi connectivity index (χ3n) is 6.38. The molecule has 5 rings (SSSR count). The highest BCUT2D eigenvalue weighted by Crippen LogP contribution is 2.37. The molecular weight excluding hydrogens is 440 g/mol. The van der Waals surface area contributed by atoms with Gasteiger partial charge in [-0.2, -0.15) is 9.29 Å². The molecule has 1 saturated carbocycles. The summed E-state index contributed by atoms with van der Waals surface area (Å²) in [6, 6.07) is 1.61. The average Bonchev–Trinajstić information content (AvgIpc) is 3.43. The highest BCUT2D eigenvalue weighted by Gasteiger charge is 2.36. The number of rotatable bonds is 5. The van der Waals surface area contributed by atoms with Crippen LogP contribution < -0.4 is 0 Å². The van der Waals surface area contributed by atoms with Crippen LogP contribution in [0, 0.1) is 5.92 Å². The van der Waals surface area contributed by atoms with Crippen LogP contribution in [0.3, 0.4) is 0 Å². The van der Waals surface area contributed by atoms with Crippen molar-refractivity contribution in [3.63, 3.8) is 0 Å². The minimum absolute atomic E-state index is 0.0328. The molecule has 31 heavy (non-hydrogen) atoms. The Morgan fingerprint density at radius 3 is 2.68 bits per heavy atom. The SMILES string of the molecule is O=C([C@H]1CCCN(S(=O)(=O)c2cc(-c3noc(C4CCC4)n3)cs2)C1)N1CCOCC1. The molecule has 2 aromatic heterocycles. The van der Waals surface area contributed by atoms with Crippen LogP contribution in [-0.4, -0.2) is 73.1 Å². The first-order valence-electron chi connectivity index (χ1n) is 10.8. The number of nitrogens with zero attached hydrogens (tertiary/aromatic N) is 4. The number of amides is 1. The summed E-state index contributed by atoms with van der Waals surface area (Å²) in [7, 11) is -3.68. The van der Waals surface area contributed by atoms with Gasteiger partial charge < -0.3 is 14.2 Å². The van der Waals surface area contributed by atoms with Gasteiger partial charge in [0.1, 0.15) is 4.21 Å². The molecule has 168 valence electrons. The highest BCUT2D eigenvalue weighted by molar-refractivity contribution is 7.91. The van der Waals surface area contributed by atoms with Gasteiger partial charge in [0.05, 0.1) is 19.1 Å². The fourth-order valence-electron chi connectivity index (χ4n) is 4.27. The molecule has 4 heterocycles. The first kappa shape index (κ1) is 21.0. The normalized spacial score (nSPS) is 23.6. The van der Waals surface area contributed by atoms with E-state index in [0.29, 0.717) is 68.9 Å². The van der Waals surface area contributed by atoms with Crippen LogP contribution in [-0.2, 0) is 19.6 Å². The van der Waals surface area contributed by atoms with E-state index in [1.54, 1.807) is 16.3 Å². The smallest absolute Gasteiger partial charge is 0.252 e. The number of morpholine rings is 1. The molecule has 0 N–H and O–H groups in total. The zero-order valence-electron chi connectivity index (χ0n) is 17.2. The van der Waals surface area contributed by atoms with Crippen LogP contribution in [0.4, 0.5) is 0 Å². The number of sulfonamides is 1. The molecule has 0 spiro atoms. The zero-order chi connectivity index (χ0) is 21.4. The van der Waals surface area contributed by atoms with Crippen LogP contribution >= 0.6 is 11.3 Å². The van der Waals surface area contributed by atoms with E-state index in [-0.39, 0.29) is 22.6 Å². The maximum atomic E-state index is 13.3. The number of ether oxygens (including phenoxy) is 1. The lowest BCUT2D eigenvalue weighted by Crippen LogP contribution is -2.49. The predicted molar refractivity (Wildman–Crippen MR) is 113 cm³/mol. The lowest BCUT2D eigenvalue weighted by Gasteiger charge is -2.35. The Hall–Kier alpha value is -1.82.